The molecule has 3 nitrogen and oxygen atoms in total. The molecule has 0 saturated carbocycles. The monoisotopic (exact) mass is 289 g/mol. The third-order valence-corrected chi connectivity index (χ3v) is 1.40. The van der Waals surface area contributed by atoms with Crippen LogP contribution in [-0.2, 0) is 8.04 Å². The summed E-state index contributed by atoms with van der Waals surface area (Å²) in [5, 5.41) is 0. The van der Waals surface area contributed by atoms with Gasteiger partial charge in [0.2, 0.25) is 0 Å². The molecular weight excluding hydrogens is 289 g/mol. The van der Waals surface area contributed by atoms with E-state index in [-0.39, 0.29) is 0 Å². The molecule has 0 unspecified atom stereocenters. The van der Waals surface area contributed by atoms with E-state index in [0.29, 0.717) is 0 Å². The fraction of sp³-hybridized carbons (Fsp3) is 1.00. The zero-order chi connectivity index (χ0) is 7.71. The first kappa shape index (κ1) is 10.1. The molecule has 8 heteroatoms. The minimum absolute atomic E-state index is 0.661. The van der Waals surface area contributed by atoms with Crippen LogP contribution in [0.3, 0.4) is 0 Å². The van der Waals surface area contributed by atoms with E-state index >= 15 is 0 Å². The summed E-state index contributed by atoms with van der Waals surface area (Å²) < 4.78 is 50.8. The normalized spacial score (nSPS) is 13.6. The van der Waals surface area contributed by atoms with Gasteiger partial charge >= 0.3 is 73.7 Å². The summed E-state index contributed by atoms with van der Waals surface area (Å²) in [6, 6.07) is 0. The maximum absolute atomic E-state index is 11.0. The third-order valence-electron chi connectivity index (χ3n) is 0.204. The molecule has 53 valence electrons. The second-order valence-corrected chi connectivity index (χ2v) is 6.77. The molecular formula is CCeF3O3S. The van der Waals surface area contributed by atoms with Crippen LogP contribution in [0.15, 0.2) is 0 Å². The molecule has 0 aromatic rings. The molecule has 0 aliphatic carbocycles. The molecule has 0 aromatic carbocycles. The van der Waals surface area contributed by atoms with Crippen molar-refractivity contribution in [1.82, 2.24) is 0 Å². The van der Waals surface area contributed by atoms with Gasteiger partial charge in [-0.3, -0.25) is 0 Å². The summed E-state index contributed by atoms with van der Waals surface area (Å²) in [4.78, 5) is 0. The number of hydrogen-bond donors (Lipinski definition) is 0. The number of halogens is 3. The van der Waals surface area contributed by atoms with Crippen molar-refractivity contribution in [2.75, 3.05) is 0 Å². The summed E-state index contributed by atoms with van der Waals surface area (Å²) in [6.45, 7) is 0. The third kappa shape index (κ3) is 9.08. The summed E-state index contributed by atoms with van der Waals surface area (Å²) in [6.07, 6.45) is -5.07. The van der Waals surface area contributed by atoms with Crippen LogP contribution < -0.4 is 0 Å². The van der Waals surface area contributed by atoms with E-state index in [1.54, 1.807) is 0 Å². The Labute approximate surface area is 72.9 Å². The van der Waals surface area contributed by atoms with Gasteiger partial charge in [-0.05, 0) is 0 Å². The Bertz CT molecular complexity index is 180. The second kappa shape index (κ2) is 2.99. The second-order valence-electron chi connectivity index (χ2n) is 0.983. The van der Waals surface area contributed by atoms with E-state index in [4.69, 9.17) is 0 Å². The van der Waals surface area contributed by atoms with Gasteiger partial charge in [-0.25, -0.2) is 0 Å². The van der Waals surface area contributed by atoms with Crippen molar-refractivity contribution < 1.29 is 63.5 Å². The van der Waals surface area contributed by atoms with E-state index in [0.717, 1.165) is 0 Å². The minimum atomic E-state index is -5.07. The van der Waals surface area contributed by atoms with Gasteiger partial charge in [-0.2, -0.15) is 0 Å². The molecule has 0 atom stereocenters. The van der Waals surface area contributed by atoms with Crippen molar-refractivity contribution in [3.8, 4) is 0 Å². The molecule has 0 bridgehead atoms. The molecule has 0 amide bonds. The SMILES string of the molecule is O=[S](=O)([Ce])OC(F)(F)F. The zero-order valence-electron chi connectivity index (χ0n) is 3.77. The number of rotatable bonds is 1. The maximum atomic E-state index is 11.0. The van der Waals surface area contributed by atoms with Crippen molar-refractivity contribution in [3.63, 3.8) is 0 Å². The Hall–Kier alpha value is 1.08. The fourth-order valence-corrected chi connectivity index (χ4v) is 1.26. The topological polar surface area (TPSA) is 43.4 Å². The van der Waals surface area contributed by atoms with E-state index in [1.807, 2.05) is 0 Å². The van der Waals surface area contributed by atoms with Crippen LogP contribution in [0, 0.1) is 37.7 Å². The van der Waals surface area contributed by atoms with Crippen LogP contribution in [0.4, 0.5) is 13.2 Å². The van der Waals surface area contributed by atoms with Gasteiger partial charge < -0.3 is 0 Å². The van der Waals surface area contributed by atoms with Crippen molar-refractivity contribution in [2.24, 2.45) is 0 Å². The Balaban J connectivity index is 4.07. The van der Waals surface area contributed by atoms with Crippen molar-refractivity contribution in [1.29, 1.82) is 0 Å². The molecule has 0 fully saturated rings. The van der Waals surface area contributed by atoms with Crippen LogP contribution in [0.1, 0.15) is 0 Å². The van der Waals surface area contributed by atoms with Gasteiger partial charge in [-0.15, -0.1) is 0 Å². The molecule has 0 spiro atoms. The van der Waals surface area contributed by atoms with Gasteiger partial charge in [-0.1, -0.05) is 0 Å². The molecule has 0 radical (unpaired) electrons. The predicted octanol–water partition coefficient (Wildman–Crippen LogP) is 0.317. The summed E-state index contributed by atoms with van der Waals surface area (Å²) >= 11 is -0.661. The molecule has 0 aliphatic rings. The molecule has 0 aromatic heterocycles. The first-order valence-electron chi connectivity index (χ1n) is 1.48. The quantitative estimate of drug-likeness (QED) is 0.698. The first-order valence-corrected chi connectivity index (χ1v) is 6.73. The van der Waals surface area contributed by atoms with Gasteiger partial charge in [0.1, 0.15) is 0 Å². The molecule has 0 heterocycles. The van der Waals surface area contributed by atoms with Gasteiger partial charge in [0.15, 0.2) is 0 Å². The number of hydrogen-bond acceptors (Lipinski definition) is 3. The van der Waals surface area contributed by atoms with Crippen molar-refractivity contribution >= 4 is 3.86 Å². The molecule has 0 rings (SSSR count). The van der Waals surface area contributed by atoms with E-state index in [1.165, 1.54) is 0 Å². The predicted molar refractivity (Wildman–Crippen MR) is 16.1 cm³/mol. The van der Waals surface area contributed by atoms with E-state index in [9.17, 15) is 21.6 Å². The van der Waals surface area contributed by atoms with Gasteiger partial charge in [0.05, 0.1) is 0 Å². The summed E-state index contributed by atoms with van der Waals surface area (Å²) in [5.41, 5.74) is 0. The van der Waals surface area contributed by atoms with Crippen molar-refractivity contribution in [3.05, 3.63) is 0 Å². The number of alkyl halides is 3. The van der Waals surface area contributed by atoms with Crippen LogP contribution in [0.25, 0.3) is 0 Å². The van der Waals surface area contributed by atoms with Crippen LogP contribution >= 0.6 is 0 Å². The molecule has 0 saturated heterocycles. The Kier molecular flexibility index (Phi) is 3.35. The Morgan fingerprint density at radius 1 is 1.33 bits per heavy atom. The Morgan fingerprint density at radius 3 is 1.67 bits per heavy atom. The van der Waals surface area contributed by atoms with Gasteiger partial charge in [0.25, 0.3) is 0 Å². The van der Waals surface area contributed by atoms with E-state index < -0.39 is 47.9 Å². The van der Waals surface area contributed by atoms with Crippen LogP contribution in [-0.4, -0.2) is 14.8 Å². The Morgan fingerprint density at radius 2 is 1.67 bits per heavy atom. The fourth-order valence-electron chi connectivity index (χ4n) is 0.124. The first-order chi connectivity index (χ1) is 3.71. The summed E-state index contributed by atoms with van der Waals surface area (Å²) in [5.74, 6) is 0. The van der Waals surface area contributed by atoms with Gasteiger partial charge in [0, 0.05) is 0 Å². The van der Waals surface area contributed by atoms with Crippen molar-refractivity contribution in [2.45, 2.75) is 6.36 Å². The summed E-state index contributed by atoms with van der Waals surface area (Å²) in [7, 11) is 0. The van der Waals surface area contributed by atoms with Crippen LogP contribution in [0.5, 0.6) is 0 Å². The standard InChI is InChI=1S/CF3O3S.Ce/c2-1(3,4)7-8(5)6;. The average Bonchev–Trinajstić information content (AvgIpc) is 1.14. The molecule has 0 aliphatic heterocycles. The average molecular weight is 289 g/mol. The van der Waals surface area contributed by atoms with Crippen LogP contribution in [0.2, 0.25) is 0 Å². The molecule has 0 N–H and O–H groups in total. The molecule has 9 heavy (non-hydrogen) atoms. The zero-order valence-corrected chi connectivity index (χ0v) is 7.72. The van der Waals surface area contributed by atoms with E-state index in [2.05, 4.69) is 4.18 Å².